The highest BCUT2D eigenvalue weighted by molar-refractivity contribution is 6.18. The number of anilines is 2. The molecule has 1 heterocycles. The molecule has 1 fully saturated rings. The summed E-state index contributed by atoms with van der Waals surface area (Å²) in [6, 6.07) is 7.60. The van der Waals surface area contributed by atoms with Crippen molar-refractivity contribution >= 4 is 28.9 Å². The first-order valence-corrected chi connectivity index (χ1v) is 6.83. The van der Waals surface area contributed by atoms with Crippen LogP contribution in [0.5, 0.6) is 0 Å². The van der Waals surface area contributed by atoms with E-state index in [4.69, 9.17) is 11.6 Å². The number of nitrogens with one attached hydrogen (secondary N) is 2. The molecule has 3 N–H and O–H groups in total. The second kappa shape index (κ2) is 6.75. The van der Waals surface area contributed by atoms with Gasteiger partial charge in [0.05, 0.1) is 18.5 Å². The van der Waals surface area contributed by atoms with Gasteiger partial charge in [-0.1, -0.05) is 6.07 Å². The molecule has 1 unspecified atom stereocenters. The topological polar surface area (TPSA) is 64.6 Å². The molecule has 1 aromatic carbocycles. The van der Waals surface area contributed by atoms with Gasteiger partial charge in [0, 0.05) is 31.0 Å². The maximum atomic E-state index is 11.8. The van der Waals surface area contributed by atoms with Gasteiger partial charge in [-0.05, 0) is 18.2 Å². The SMILES string of the molecule is O=C1CNCCN1c1cccc(NCC(O)CCl)c1. The molecule has 1 aromatic rings. The van der Waals surface area contributed by atoms with Crippen LogP contribution in [0.4, 0.5) is 11.4 Å². The molecule has 1 atom stereocenters. The van der Waals surface area contributed by atoms with E-state index >= 15 is 0 Å². The standard InChI is InChI=1S/C13H18ClN3O2/c14-7-12(18)8-16-10-2-1-3-11(6-10)17-5-4-15-9-13(17)19/h1-3,6,12,15-16,18H,4-5,7-9H2. The number of carbonyl (C=O) groups excluding carboxylic acids is 1. The summed E-state index contributed by atoms with van der Waals surface area (Å²) in [7, 11) is 0. The van der Waals surface area contributed by atoms with Crippen LogP contribution in [0.3, 0.4) is 0 Å². The van der Waals surface area contributed by atoms with Crippen molar-refractivity contribution in [3.05, 3.63) is 24.3 Å². The fourth-order valence-electron chi connectivity index (χ4n) is 1.95. The van der Waals surface area contributed by atoms with Crippen LogP contribution in [-0.2, 0) is 4.79 Å². The lowest BCUT2D eigenvalue weighted by molar-refractivity contribution is -0.118. The number of piperazine rings is 1. The predicted molar refractivity (Wildman–Crippen MR) is 76.9 cm³/mol. The summed E-state index contributed by atoms with van der Waals surface area (Å²) in [5, 5.41) is 15.6. The molecule has 2 rings (SSSR count). The number of nitrogens with zero attached hydrogens (tertiary/aromatic N) is 1. The van der Waals surface area contributed by atoms with Crippen LogP contribution in [0.1, 0.15) is 0 Å². The fraction of sp³-hybridized carbons (Fsp3) is 0.462. The van der Waals surface area contributed by atoms with E-state index in [0.717, 1.165) is 17.9 Å². The van der Waals surface area contributed by atoms with Crippen LogP contribution < -0.4 is 15.5 Å². The molecule has 1 saturated heterocycles. The highest BCUT2D eigenvalue weighted by atomic mass is 35.5. The van der Waals surface area contributed by atoms with Crippen molar-refractivity contribution in [1.29, 1.82) is 0 Å². The van der Waals surface area contributed by atoms with Crippen LogP contribution >= 0.6 is 11.6 Å². The van der Waals surface area contributed by atoms with Crippen LogP contribution in [0.25, 0.3) is 0 Å². The second-order valence-corrected chi connectivity index (χ2v) is 4.77. The quantitative estimate of drug-likeness (QED) is 0.694. The van der Waals surface area contributed by atoms with E-state index < -0.39 is 6.10 Å². The van der Waals surface area contributed by atoms with E-state index in [9.17, 15) is 9.90 Å². The molecule has 1 aliphatic heterocycles. The van der Waals surface area contributed by atoms with Gasteiger partial charge >= 0.3 is 0 Å². The van der Waals surface area contributed by atoms with Crippen molar-refractivity contribution in [3.8, 4) is 0 Å². The van der Waals surface area contributed by atoms with Crippen LogP contribution in [0.2, 0.25) is 0 Å². The molecule has 0 bridgehead atoms. The minimum atomic E-state index is -0.578. The van der Waals surface area contributed by atoms with E-state index in [1.54, 1.807) is 4.90 Å². The van der Waals surface area contributed by atoms with Crippen molar-refractivity contribution in [2.75, 3.05) is 42.3 Å². The number of hydrogen-bond donors (Lipinski definition) is 3. The summed E-state index contributed by atoms with van der Waals surface area (Å²) >= 11 is 5.54. The average Bonchev–Trinajstić information content (AvgIpc) is 2.45. The zero-order chi connectivity index (χ0) is 13.7. The molecular weight excluding hydrogens is 266 g/mol. The molecule has 0 aliphatic carbocycles. The van der Waals surface area contributed by atoms with E-state index in [1.165, 1.54) is 0 Å². The fourth-order valence-corrected chi connectivity index (χ4v) is 2.06. The average molecular weight is 284 g/mol. The van der Waals surface area contributed by atoms with Gasteiger partial charge in [0.25, 0.3) is 0 Å². The molecule has 6 heteroatoms. The van der Waals surface area contributed by atoms with Crippen molar-refractivity contribution in [2.45, 2.75) is 6.10 Å². The number of rotatable bonds is 5. The molecule has 1 aliphatic rings. The third-order valence-electron chi connectivity index (χ3n) is 2.97. The molecular formula is C13H18ClN3O2. The lowest BCUT2D eigenvalue weighted by Gasteiger charge is -2.27. The number of aliphatic hydroxyl groups is 1. The Balaban J connectivity index is 2.04. The van der Waals surface area contributed by atoms with Gasteiger partial charge in [0.1, 0.15) is 0 Å². The van der Waals surface area contributed by atoms with Crippen molar-refractivity contribution in [1.82, 2.24) is 5.32 Å². The Labute approximate surface area is 117 Å². The summed E-state index contributed by atoms with van der Waals surface area (Å²) in [6.07, 6.45) is -0.578. The summed E-state index contributed by atoms with van der Waals surface area (Å²) < 4.78 is 0. The third kappa shape index (κ3) is 3.83. The normalized spacial score (nSPS) is 17.4. The largest absolute Gasteiger partial charge is 0.390 e. The van der Waals surface area contributed by atoms with Gasteiger partial charge in [0.15, 0.2) is 0 Å². The minimum absolute atomic E-state index is 0.0733. The third-order valence-corrected chi connectivity index (χ3v) is 3.32. The molecule has 0 aromatic heterocycles. The van der Waals surface area contributed by atoms with E-state index in [-0.39, 0.29) is 11.8 Å². The Kier molecular flexibility index (Phi) is 5.01. The van der Waals surface area contributed by atoms with Gasteiger partial charge in [-0.25, -0.2) is 0 Å². The Morgan fingerprint density at radius 2 is 2.37 bits per heavy atom. The first-order valence-electron chi connectivity index (χ1n) is 6.30. The summed E-state index contributed by atoms with van der Waals surface area (Å²) in [5.74, 6) is 0.271. The Hall–Kier alpha value is -1.30. The number of halogens is 1. The van der Waals surface area contributed by atoms with Gasteiger partial charge in [-0.2, -0.15) is 0 Å². The molecule has 104 valence electrons. The van der Waals surface area contributed by atoms with Crippen molar-refractivity contribution in [2.24, 2.45) is 0 Å². The second-order valence-electron chi connectivity index (χ2n) is 4.46. The molecule has 19 heavy (non-hydrogen) atoms. The number of benzene rings is 1. The summed E-state index contributed by atoms with van der Waals surface area (Å²) in [5.41, 5.74) is 1.74. The zero-order valence-electron chi connectivity index (χ0n) is 10.6. The lowest BCUT2D eigenvalue weighted by Crippen LogP contribution is -2.48. The smallest absolute Gasteiger partial charge is 0.240 e. The predicted octanol–water partition coefficient (Wildman–Crippen LogP) is 0.634. The highest BCUT2D eigenvalue weighted by Crippen LogP contribution is 2.20. The molecule has 5 nitrogen and oxygen atoms in total. The first-order chi connectivity index (χ1) is 9.20. The first kappa shape index (κ1) is 14.1. The monoisotopic (exact) mass is 283 g/mol. The number of alkyl halides is 1. The maximum Gasteiger partial charge on any atom is 0.240 e. The molecule has 0 saturated carbocycles. The van der Waals surface area contributed by atoms with Crippen molar-refractivity contribution < 1.29 is 9.90 Å². The Morgan fingerprint density at radius 1 is 1.53 bits per heavy atom. The van der Waals surface area contributed by atoms with Gasteiger partial charge in [-0.3, -0.25) is 4.79 Å². The number of carbonyl (C=O) groups is 1. The van der Waals surface area contributed by atoms with E-state index in [1.807, 2.05) is 24.3 Å². The van der Waals surface area contributed by atoms with Gasteiger partial charge < -0.3 is 20.6 Å². The number of aliphatic hydroxyl groups excluding tert-OH is 1. The molecule has 0 radical (unpaired) electrons. The van der Waals surface area contributed by atoms with E-state index in [0.29, 0.717) is 19.6 Å². The zero-order valence-corrected chi connectivity index (χ0v) is 11.4. The Morgan fingerprint density at radius 3 is 3.11 bits per heavy atom. The lowest BCUT2D eigenvalue weighted by atomic mass is 10.2. The van der Waals surface area contributed by atoms with Crippen LogP contribution in [-0.4, -0.2) is 49.2 Å². The number of amides is 1. The minimum Gasteiger partial charge on any atom is -0.390 e. The summed E-state index contributed by atoms with van der Waals surface area (Å²) in [4.78, 5) is 13.6. The summed E-state index contributed by atoms with van der Waals surface area (Å²) in [6.45, 7) is 2.24. The van der Waals surface area contributed by atoms with E-state index in [2.05, 4.69) is 10.6 Å². The van der Waals surface area contributed by atoms with Gasteiger partial charge in [-0.15, -0.1) is 11.6 Å². The highest BCUT2D eigenvalue weighted by Gasteiger charge is 2.19. The molecule has 0 spiro atoms. The van der Waals surface area contributed by atoms with Gasteiger partial charge in [0.2, 0.25) is 5.91 Å². The number of hydrogen-bond acceptors (Lipinski definition) is 4. The Bertz CT molecular complexity index is 442. The maximum absolute atomic E-state index is 11.8. The molecule has 1 amide bonds. The van der Waals surface area contributed by atoms with Crippen LogP contribution in [0.15, 0.2) is 24.3 Å². The van der Waals surface area contributed by atoms with Crippen LogP contribution in [0, 0.1) is 0 Å². The van der Waals surface area contributed by atoms with Crippen molar-refractivity contribution in [3.63, 3.8) is 0 Å².